The molecule has 0 aliphatic carbocycles. The number of hydrogen-bond donors (Lipinski definition) is 0. The second-order valence-electron chi connectivity index (χ2n) is 19.7. The first-order valence-corrected chi connectivity index (χ1v) is 24.9. The molecule has 0 spiro atoms. The Morgan fingerprint density at radius 3 is 1.26 bits per heavy atom. The fraction of sp³-hybridized carbons (Fsp3) is 0.0882. The highest BCUT2D eigenvalue weighted by Crippen LogP contribution is 2.47. The van der Waals surface area contributed by atoms with Gasteiger partial charge >= 0.3 is 0 Å². The zero-order valence-electron chi connectivity index (χ0n) is 41.3. The van der Waals surface area contributed by atoms with Crippen LogP contribution in [0, 0.1) is 41.5 Å². The molecule has 0 amide bonds. The van der Waals surface area contributed by atoms with Gasteiger partial charge in [0.15, 0.2) is 0 Å². The van der Waals surface area contributed by atoms with Crippen LogP contribution in [0.4, 0.5) is 34.1 Å². The van der Waals surface area contributed by atoms with Gasteiger partial charge in [-0.1, -0.05) is 133 Å². The van der Waals surface area contributed by atoms with Crippen LogP contribution in [-0.4, -0.2) is 0 Å². The zero-order chi connectivity index (χ0) is 48.8. The van der Waals surface area contributed by atoms with Crippen molar-refractivity contribution in [2.45, 2.75) is 41.5 Å². The molecule has 0 unspecified atom stereocenters. The number of anilines is 6. The molecule has 0 fully saturated rings. The van der Waals surface area contributed by atoms with E-state index in [1.165, 1.54) is 67.0 Å². The van der Waals surface area contributed by atoms with Crippen LogP contribution in [0.1, 0.15) is 33.4 Å². The van der Waals surface area contributed by atoms with E-state index in [-0.39, 0.29) is 0 Å². The standard InChI is InChI=1S/C68H52N2O2/c1-41-23-25-51(47-19-9-7-10-20-47)37-60(41)69(66-43(3)15-13-16-44(66)4)55-29-27-49-35-58-57-31-32-62-65(68(57)72-63(58)39-53(49)33-55)59-36-50-28-30-56(34-54(50)40-64(59)71-62)70(67-45(5)17-14-18-46(67)6)61-38-52(26-24-42(61)2)48-21-11-8-12-22-48/h7-40H,1-6H3. The van der Waals surface area contributed by atoms with Gasteiger partial charge < -0.3 is 18.6 Å². The Bertz CT molecular complexity index is 4250. The number of benzene rings is 11. The summed E-state index contributed by atoms with van der Waals surface area (Å²) in [5.74, 6) is 0. The quantitative estimate of drug-likeness (QED) is 0.152. The Balaban J connectivity index is 0.936. The summed E-state index contributed by atoms with van der Waals surface area (Å²) in [5.41, 5.74) is 22.2. The molecule has 72 heavy (non-hydrogen) atoms. The van der Waals surface area contributed by atoms with Crippen LogP contribution in [0.25, 0.3) is 87.7 Å². The number of furan rings is 2. The van der Waals surface area contributed by atoms with E-state index in [1.54, 1.807) is 0 Å². The molecule has 13 rings (SSSR count). The van der Waals surface area contributed by atoms with Crippen LogP contribution in [0.3, 0.4) is 0 Å². The number of hydrogen-bond acceptors (Lipinski definition) is 4. The molecule has 0 aliphatic rings. The summed E-state index contributed by atoms with van der Waals surface area (Å²) in [6.07, 6.45) is 0. The first-order chi connectivity index (χ1) is 35.1. The number of nitrogens with zero attached hydrogens (tertiary/aromatic N) is 2. The lowest BCUT2D eigenvalue weighted by molar-refractivity contribution is 0.663. The third kappa shape index (κ3) is 7.13. The highest BCUT2D eigenvalue weighted by Gasteiger charge is 2.24. The monoisotopic (exact) mass is 928 g/mol. The fourth-order valence-electron chi connectivity index (χ4n) is 11.2. The van der Waals surface area contributed by atoms with Gasteiger partial charge in [0.2, 0.25) is 0 Å². The van der Waals surface area contributed by atoms with Gasteiger partial charge in [-0.25, -0.2) is 0 Å². The Labute approximate surface area is 419 Å². The van der Waals surface area contributed by atoms with Crippen molar-refractivity contribution >= 4 is 99.5 Å². The van der Waals surface area contributed by atoms with Crippen LogP contribution in [0.2, 0.25) is 0 Å². The maximum Gasteiger partial charge on any atom is 0.147 e. The largest absolute Gasteiger partial charge is 0.456 e. The van der Waals surface area contributed by atoms with Crippen molar-refractivity contribution in [3.8, 4) is 22.3 Å². The minimum absolute atomic E-state index is 0.807. The van der Waals surface area contributed by atoms with Gasteiger partial charge in [0.1, 0.15) is 22.3 Å². The van der Waals surface area contributed by atoms with Crippen LogP contribution in [-0.2, 0) is 0 Å². The van der Waals surface area contributed by atoms with E-state index >= 15 is 0 Å². The predicted molar refractivity (Wildman–Crippen MR) is 305 cm³/mol. The van der Waals surface area contributed by atoms with Gasteiger partial charge in [-0.15, -0.1) is 0 Å². The average Bonchev–Trinajstić information content (AvgIpc) is 3.95. The van der Waals surface area contributed by atoms with Crippen molar-refractivity contribution in [2.75, 3.05) is 9.80 Å². The first-order valence-electron chi connectivity index (χ1n) is 24.9. The Hall–Kier alpha value is -8.86. The molecule has 0 saturated heterocycles. The lowest BCUT2D eigenvalue weighted by Gasteiger charge is -2.30. The number of rotatable bonds is 8. The maximum absolute atomic E-state index is 6.99. The molecule has 346 valence electrons. The molecule has 4 heteroatoms. The second-order valence-corrected chi connectivity index (χ2v) is 19.7. The topological polar surface area (TPSA) is 32.8 Å². The molecule has 0 saturated carbocycles. The van der Waals surface area contributed by atoms with E-state index in [0.29, 0.717) is 0 Å². The predicted octanol–water partition coefficient (Wildman–Crippen LogP) is 19.9. The van der Waals surface area contributed by atoms with Crippen LogP contribution >= 0.6 is 0 Å². The molecule has 0 N–H and O–H groups in total. The summed E-state index contributed by atoms with van der Waals surface area (Å²) in [6, 6.07) is 74.9. The van der Waals surface area contributed by atoms with E-state index in [1.807, 2.05) is 0 Å². The van der Waals surface area contributed by atoms with E-state index in [2.05, 4.69) is 258 Å². The fourth-order valence-corrected chi connectivity index (χ4v) is 11.2. The molecule has 11 aromatic carbocycles. The smallest absolute Gasteiger partial charge is 0.147 e. The maximum atomic E-state index is 6.99. The molecule has 0 aliphatic heterocycles. The number of aryl methyl sites for hydroxylation is 6. The molecule has 4 nitrogen and oxygen atoms in total. The molecule has 0 radical (unpaired) electrons. The summed E-state index contributed by atoms with van der Waals surface area (Å²) in [5, 5.41) is 8.70. The molecular formula is C68H52N2O2. The van der Waals surface area contributed by atoms with Crippen LogP contribution in [0.15, 0.2) is 215 Å². The summed E-state index contributed by atoms with van der Waals surface area (Å²) in [4.78, 5) is 4.88. The van der Waals surface area contributed by atoms with E-state index < -0.39 is 0 Å². The van der Waals surface area contributed by atoms with Crippen molar-refractivity contribution in [1.29, 1.82) is 0 Å². The van der Waals surface area contributed by atoms with Gasteiger partial charge in [0, 0.05) is 38.9 Å². The summed E-state index contributed by atoms with van der Waals surface area (Å²) >= 11 is 0. The highest BCUT2D eigenvalue weighted by atomic mass is 16.3. The van der Waals surface area contributed by atoms with Crippen molar-refractivity contribution in [2.24, 2.45) is 0 Å². The first kappa shape index (κ1) is 43.2. The lowest BCUT2D eigenvalue weighted by Crippen LogP contribution is -2.14. The molecule has 0 atom stereocenters. The van der Waals surface area contributed by atoms with Gasteiger partial charge in [0.05, 0.1) is 16.8 Å². The van der Waals surface area contributed by atoms with E-state index in [9.17, 15) is 0 Å². The Morgan fingerprint density at radius 1 is 0.292 bits per heavy atom. The second kappa shape index (κ2) is 16.9. The average molecular weight is 929 g/mol. The highest BCUT2D eigenvalue weighted by molar-refractivity contribution is 6.24. The van der Waals surface area contributed by atoms with Crippen molar-refractivity contribution in [3.63, 3.8) is 0 Å². The van der Waals surface area contributed by atoms with E-state index in [4.69, 9.17) is 8.83 Å². The van der Waals surface area contributed by atoms with Gasteiger partial charge in [-0.2, -0.15) is 0 Å². The third-order valence-electron chi connectivity index (χ3n) is 14.9. The van der Waals surface area contributed by atoms with Crippen molar-refractivity contribution in [1.82, 2.24) is 0 Å². The van der Waals surface area contributed by atoms with E-state index in [0.717, 1.165) is 88.2 Å². The SMILES string of the molecule is Cc1ccc(-c2ccccc2)cc1N(c1ccc2cc3c(cc2c1)oc1c3ccc2oc3cc4cc(N(c5cc(-c6ccccc6)ccc5C)c5c(C)cccc5C)ccc4cc3c21)c1c(C)cccc1C. The van der Waals surface area contributed by atoms with Gasteiger partial charge in [-0.3, -0.25) is 0 Å². The van der Waals surface area contributed by atoms with Gasteiger partial charge in [0.25, 0.3) is 0 Å². The minimum Gasteiger partial charge on any atom is -0.456 e. The lowest BCUT2D eigenvalue weighted by atomic mass is 9.99. The molecule has 13 aromatic rings. The Morgan fingerprint density at radius 2 is 0.764 bits per heavy atom. The molecular weight excluding hydrogens is 877 g/mol. The summed E-state index contributed by atoms with van der Waals surface area (Å²) in [6.45, 7) is 13.2. The normalized spacial score (nSPS) is 11.8. The van der Waals surface area contributed by atoms with Crippen molar-refractivity contribution < 1.29 is 8.83 Å². The van der Waals surface area contributed by atoms with Crippen LogP contribution < -0.4 is 9.80 Å². The minimum atomic E-state index is 0.807. The van der Waals surface area contributed by atoms with Gasteiger partial charge in [-0.05, 0) is 192 Å². The summed E-state index contributed by atoms with van der Waals surface area (Å²) < 4.78 is 13.7. The molecule has 0 bridgehead atoms. The van der Waals surface area contributed by atoms with Crippen LogP contribution in [0.5, 0.6) is 0 Å². The summed E-state index contributed by atoms with van der Waals surface area (Å²) in [7, 11) is 0. The number of para-hydroxylation sites is 2. The zero-order valence-corrected chi connectivity index (χ0v) is 41.3. The third-order valence-corrected chi connectivity index (χ3v) is 14.9. The molecule has 2 aromatic heterocycles. The Kier molecular flexibility index (Phi) is 10.2. The van der Waals surface area contributed by atoms with Crippen molar-refractivity contribution in [3.05, 3.63) is 240 Å². The number of fused-ring (bicyclic) bond motifs is 9. The molecule has 2 heterocycles.